The molecule has 0 aliphatic rings. The molecule has 1 aromatic heterocycles. The molecule has 1 rings (SSSR count). The Morgan fingerprint density at radius 3 is 2.45 bits per heavy atom. The van der Waals surface area contributed by atoms with Gasteiger partial charge in [-0.1, -0.05) is 19.9 Å². The molecule has 0 aliphatic heterocycles. The van der Waals surface area contributed by atoms with Gasteiger partial charge in [-0.15, -0.1) is 0 Å². The van der Waals surface area contributed by atoms with Crippen LogP contribution in [0.3, 0.4) is 0 Å². The maximum absolute atomic E-state index is 5.52. The van der Waals surface area contributed by atoms with E-state index in [0.29, 0.717) is 11.7 Å². The van der Waals surface area contributed by atoms with E-state index in [1.807, 2.05) is 19.1 Å². The summed E-state index contributed by atoms with van der Waals surface area (Å²) in [7, 11) is 0. The van der Waals surface area contributed by atoms with Crippen LogP contribution in [-0.2, 0) is 0 Å². The van der Waals surface area contributed by atoms with E-state index in [0.717, 1.165) is 5.69 Å². The molecule has 1 heterocycles. The molecule has 2 nitrogen and oxygen atoms in total. The summed E-state index contributed by atoms with van der Waals surface area (Å²) in [5, 5.41) is 0. The highest BCUT2D eigenvalue weighted by atomic mass is 14.8. The van der Waals surface area contributed by atoms with Crippen LogP contribution in [0.2, 0.25) is 0 Å². The van der Waals surface area contributed by atoms with Gasteiger partial charge in [0, 0.05) is 5.69 Å². The van der Waals surface area contributed by atoms with Crippen LogP contribution in [0.5, 0.6) is 0 Å². The number of aryl methyl sites for hydroxylation is 1. The molecule has 60 valence electrons. The van der Waals surface area contributed by atoms with Gasteiger partial charge >= 0.3 is 0 Å². The first-order valence-electron chi connectivity index (χ1n) is 3.84. The minimum atomic E-state index is 0.531. The van der Waals surface area contributed by atoms with Crippen LogP contribution in [0.15, 0.2) is 12.1 Å². The molecule has 0 radical (unpaired) electrons. The number of pyridine rings is 1. The zero-order chi connectivity index (χ0) is 8.43. The Balaban J connectivity index is 3.09. The third-order valence-corrected chi connectivity index (χ3v) is 1.77. The summed E-state index contributed by atoms with van der Waals surface area (Å²) in [6, 6.07) is 3.89. The van der Waals surface area contributed by atoms with Crippen molar-refractivity contribution in [2.24, 2.45) is 0 Å². The molecule has 0 aliphatic carbocycles. The fourth-order valence-corrected chi connectivity index (χ4v) is 1.20. The van der Waals surface area contributed by atoms with Gasteiger partial charge in [0.1, 0.15) is 5.82 Å². The Kier molecular flexibility index (Phi) is 2.13. The number of anilines is 1. The second kappa shape index (κ2) is 2.91. The molecule has 0 saturated carbocycles. The van der Waals surface area contributed by atoms with Crippen LogP contribution in [0.25, 0.3) is 0 Å². The first kappa shape index (κ1) is 8.05. The van der Waals surface area contributed by atoms with Crippen LogP contribution in [0.4, 0.5) is 5.82 Å². The van der Waals surface area contributed by atoms with Crippen LogP contribution in [-0.4, -0.2) is 4.98 Å². The third kappa shape index (κ3) is 1.70. The zero-order valence-electron chi connectivity index (χ0n) is 7.26. The number of hydrogen-bond donors (Lipinski definition) is 1. The van der Waals surface area contributed by atoms with E-state index < -0.39 is 0 Å². The highest BCUT2D eigenvalue weighted by Gasteiger charge is 2.03. The topological polar surface area (TPSA) is 38.9 Å². The molecular formula is C9H14N2. The smallest absolute Gasteiger partial charge is 0.123 e. The minimum absolute atomic E-state index is 0.531. The molecular weight excluding hydrogens is 136 g/mol. The van der Waals surface area contributed by atoms with Gasteiger partial charge in [-0.3, -0.25) is 0 Å². The fourth-order valence-electron chi connectivity index (χ4n) is 1.20. The van der Waals surface area contributed by atoms with Gasteiger partial charge in [-0.05, 0) is 24.5 Å². The normalized spacial score (nSPS) is 10.5. The molecule has 0 spiro atoms. The van der Waals surface area contributed by atoms with E-state index in [4.69, 9.17) is 5.73 Å². The monoisotopic (exact) mass is 150 g/mol. The molecule has 0 amide bonds. The SMILES string of the molecule is Cc1nc(N)ccc1C(C)C. The fraction of sp³-hybridized carbons (Fsp3) is 0.444. The lowest BCUT2D eigenvalue weighted by molar-refractivity contribution is 0.844. The number of nitrogen functional groups attached to an aromatic ring is 1. The number of rotatable bonds is 1. The van der Waals surface area contributed by atoms with Crippen molar-refractivity contribution in [3.63, 3.8) is 0 Å². The van der Waals surface area contributed by atoms with Crippen molar-refractivity contribution in [1.29, 1.82) is 0 Å². The van der Waals surface area contributed by atoms with Crippen molar-refractivity contribution in [1.82, 2.24) is 4.98 Å². The molecule has 2 heteroatoms. The van der Waals surface area contributed by atoms with E-state index in [-0.39, 0.29) is 0 Å². The molecule has 2 N–H and O–H groups in total. The lowest BCUT2D eigenvalue weighted by atomic mass is 10.0. The molecule has 0 aromatic carbocycles. The van der Waals surface area contributed by atoms with Crippen LogP contribution in [0.1, 0.15) is 31.0 Å². The summed E-state index contributed by atoms with van der Waals surface area (Å²) in [6.45, 7) is 6.30. The number of aromatic nitrogens is 1. The maximum atomic E-state index is 5.52. The average molecular weight is 150 g/mol. The molecule has 0 saturated heterocycles. The zero-order valence-corrected chi connectivity index (χ0v) is 7.26. The van der Waals surface area contributed by atoms with E-state index in [1.165, 1.54) is 5.56 Å². The van der Waals surface area contributed by atoms with Gasteiger partial charge < -0.3 is 5.73 Å². The summed E-state index contributed by atoms with van der Waals surface area (Å²) < 4.78 is 0. The van der Waals surface area contributed by atoms with Gasteiger partial charge in [0.15, 0.2) is 0 Å². The summed E-state index contributed by atoms with van der Waals surface area (Å²) in [5.74, 6) is 1.13. The standard InChI is InChI=1S/C9H14N2/c1-6(2)8-4-5-9(10)11-7(8)3/h4-6H,1-3H3,(H2,10,11). The lowest BCUT2D eigenvalue weighted by Gasteiger charge is -2.08. The van der Waals surface area contributed by atoms with E-state index >= 15 is 0 Å². The maximum Gasteiger partial charge on any atom is 0.123 e. The van der Waals surface area contributed by atoms with Crippen molar-refractivity contribution in [2.75, 3.05) is 5.73 Å². The van der Waals surface area contributed by atoms with Crippen molar-refractivity contribution in [2.45, 2.75) is 26.7 Å². The summed E-state index contributed by atoms with van der Waals surface area (Å²) >= 11 is 0. The lowest BCUT2D eigenvalue weighted by Crippen LogP contribution is -1.98. The molecule has 0 unspecified atom stereocenters. The van der Waals surface area contributed by atoms with Gasteiger partial charge in [0.05, 0.1) is 0 Å². The Bertz CT molecular complexity index is 254. The highest BCUT2D eigenvalue weighted by Crippen LogP contribution is 2.17. The van der Waals surface area contributed by atoms with E-state index in [2.05, 4.69) is 18.8 Å². The van der Waals surface area contributed by atoms with Crippen molar-refractivity contribution in [3.8, 4) is 0 Å². The number of hydrogen-bond acceptors (Lipinski definition) is 2. The highest BCUT2D eigenvalue weighted by molar-refractivity contribution is 5.34. The number of nitrogens with zero attached hydrogens (tertiary/aromatic N) is 1. The Morgan fingerprint density at radius 2 is 2.00 bits per heavy atom. The van der Waals surface area contributed by atoms with Crippen LogP contribution < -0.4 is 5.73 Å². The Morgan fingerprint density at radius 1 is 1.36 bits per heavy atom. The third-order valence-electron chi connectivity index (χ3n) is 1.77. The number of nitrogens with two attached hydrogens (primary N) is 1. The molecule has 0 atom stereocenters. The van der Waals surface area contributed by atoms with Gasteiger partial charge in [0.2, 0.25) is 0 Å². The Hall–Kier alpha value is -1.05. The van der Waals surface area contributed by atoms with E-state index in [1.54, 1.807) is 0 Å². The summed E-state index contributed by atoms with van der Waals surface area (Å²) in [4.78, 5) is 4.17. The molecule has 0 bridgehead atoms. The minimum Gasteiger partial charge on any atom is -0.384 e. The van der Waals surface area contributed by atoms with Crippen molar-refractivity contribution >= 4 is 5.82 Å². The summed E-state index contributed by atoms with van der Waals surface area (Å²) in [5.41, 5.74) is 7.84. The van der Waals surface area contributed by atoms with Crippen LogP contribution in [0, 0.1) is 6.92 Å². The van der Waals surface area contributed by atoms with Crippen LogP contribution >= 0.6 is 0 Å². The van der Waals surface area contributed by atoms with Gasteiger partial charge in [-0.2, -0.15) is 0 Å². The van der Waals surface area contributed by atoms with Crippen molar-refractivity contribution < 1.29 is 0 Å². The molecule has 1 aromatic rings. The van der Waals surface area contributed by atoms with Crippen molar-refractivity contribution in [3.05, 3.63) is 23.4 Å². The second-order valence-electron chi connectivity index (χ2n) is 3.07. The van der Waals surface area contributed by atoms with Gasteiger partial charge in [-0.25, -0.2) is 4.98 Å². The predicted octanol–water partition coefficient (Wildman–Crippen LogP) is 2.10. The predicted molar refractivity (Wildman–Crippen MR) is 47.5 cm³/mol. The Labute approximate surface area is 67.5 Å². The quantitative estimate of drug-likeness (QED) is 0.665. The second-order valence-corrected chi connectivity index (χ2v) is 3.07. The van der Waals surface area contributed by atoms with E-state index in [9.17, 15) is 0 Å². The summed E-state index contributed by atoms with van der Waals surface area (Å²) in [6.07, 6.45) is 0. The largest absolute Gasteiger partial charge is 0.384 e. The first-order valence-corrected chi connectivity index (χ1v) is 3.84. The molecule has 0 fully saturated rings. The first-order chi connectivity index (χ1) is 5.11. The van der Waals surface area contributed by atoms with Gasteiger partial charge in [0.25, 0.3) is 0 Å². The average Bonchev–Trinajstić information content (AvgIpc) is 1.85. The molecule has 11 heavy (non-hydrogen) atoms.